The third kappa shape index (κ3) is 3.31. The van der Waals surface area contributed by atoms with Crippen LogP contribution in [0.5, 0.6) is 0 Å². The molecule has 18 heavy (non-hydrogen) atoms. The highest BCUT2D eigenvalue weighted by molar-refractivity contribution is 6.30. The van der Waals surface area contributed by atoms with Gasteiger partial charge in [-0.25, -0.2) is 0 Å². The highest BCUT2D eigenvalue weighted by atomic mass is 35.5. The van der Waals surface area contributed by atoms with Crippen LogP contribution in [0.1, 0.15) is 21.5 Å². The molecule has 2 heteroatoms. The minimum atomic E-state index is 0.00801. The number of hydrogen-bond acceptors (Lipinski definition) is 1. The second-order valence-corrected chi connectivity index (χ2v) is 4.56. The summed E-state index contributed by atoms with van der Waals surface area (Å²) in [4.78, 5) is 11.9. The average molecular weight is 257 g/mol. The van der Waals surface area contributed by atoms with Gasteiger partial charge in [-0.3, -0.25) is 4.79 Å². The molecule has 2 aromatic carbocycles. The van der Waals surface area contributed by atoms with Crippen LogP contribution in [0, 0.1) is 6.92 Å². The Bertz CT molecular complexity index is 582. The van der Waals surface area contributed by atoms with Crippen LogP contribution < -0.4 is 0 Å². The van der Waals surface area contributed by atoms with Crippen LogP contribution in [-0.2, 0) is 0 Å². The lowest BCUT2D eigenvalue weighted by molar-refractivity contribution is 0.104. The van der Waals surface area contributed by atoms with E-state index < -0.39 is 0 Å². The Morgan fingerprint density at radius 2 is 1.83 bits per heavy atom. The molecular formula is C16H13ClO. The first-order valence-corrected chi connectivity index (χ1v) is 6.07. The van der Waals surface area contributed by atoms with E-state index in [9.17, 15) is 4.79 Å². The molecule has 0 radical (unpaired) electrons. The molecule has 0 aliphatic heterocycles. The van der Waals surface area contributed by atoms with Crippen LogP contribution in [0.15, 0.2) is 54.6 Å². The van der Waals surface area contributed by atoms with Gasteiger partial charge in [-0.1, -0.05) is 53.6 Å². The largest absolute Gasteiger partial charge is 0.289 e. The predicted molar refractivity (Wildman–Crippen MR) is 76.0 cm³/mol. The van der Waals surface area contributed by atoms with E-state index in [1.54, 1.807) is 24.3 Å². The molecule has 0 amide bonds. The van der Waals surface area contributed by atoms with Crippen molar-refractivity contribution >= 4 is 23.5 Å². The second-order valence-electron chi connectivity index (χ2n) is 4.12. The monoisotopic (exact) mass is 256 g/mol. The van der Waals surface area contributed by atoms with Crippen molar-refractivity contribution < 1.29 is 4.79 Å². The molecule has 0 bridgehead atoms. The number of carbonyl (C=O) groups is 1. The maximum absolute atomic E-state index is 11.9. The normalized spacial score (nSPS) is 10.8. The van der Waals surface area contributed by atoms with Gasteiger partial charge in [0.15, 0.2) is 5.78 Å². The number of benzene rings is 2. The van der Waals surface area contributed by atoms with E-state index in [4.69, 9.17) is 11.6 Å². The molecule has 2 rings (SSSR count). The number of halogens is 1. The van der Waals surface area contributed by atoms with Crippen LogP contribution in [-0.4, -0.2) is 5.78 Å². The van der Waals surface area contributed by atoms with E-state index in [1.165, 1.54) is 0 Å². The molecule has 0 fully saturated rings. The fraction of sp³-hybridized carbons (Fsp3) is 0.0625. The zero-order valence-electron chi connectivity index (χ0n) is 10.1. The Kier molecular flexibility index (Phi) is 3.96. The summed E-state index contributed by atoms with van der Waals surface area (Å²) < 4.78 is 0. The number of aryl methyl sites for hydroxylation is 1. The van der Waals surface area contributed by atoms with Gasteiger partial charge in [-0.2, -0.15) is 0 Å². The minimum absolute atomic E-state index is 0.00801. The summed E-state index contributed by atoms with van der Waals surface area (Å²) in [5.74, 6) is 0.00801. The van der Waals surface area contributed by atoms with E-state index in [2.05, 4.69) is 0 Å². The summed E-state index contributed by atoms with van der Waals surface area (Å²) in [5.41, 5.74) is 2.75. The van der Waals surface area contributed by atoms with Crippen LogP contribution in [0.25, 0.3) is 6.08 Å². The van der Waals surface area contributed by atoms with Gasteiger partial charge in [0.05, 0.1) is 0 Å². The second kappa shape index (κ2) is 5.65. The number of ketones is 1. The third-order valence-corrected chi connectivity index (χ3v) is 2.85. The molecule has 0 unspecified atom stereocenters. The zero-order chi connectivity index (χ0) is 13.0. The lowest BCUT2D eigenvalue weighted by Crippen LogP contribution is -1.94. The highest BCUT2D eigenvalue weighted by Crippen LogP contribution is 2.11. The molecule has 0 N–H and O–H groups in total. The minimum Gasteiger partial charge on any atom is -0.289 e. The Labute approximate surface area is 112 Å². The van der Waals surface area contributed by atoms with E-state index in [0.29, 0.717) is 10.6 Å². The Balaban J connectivity index is 2.14. The lowest BCUT2D eigenvalue weighted by atomic mass is 10.1. The summed E-state index contributed by atoms with van der Waals surface area (Å²) in [6.45, 7) is 1.97. The van der Waals surface area contributed by atoms with Crippen LogP contribution in [0.2, 0.25) is 5.02 Å². The van der Waals surface area contributed by atoms with E-state index in [-0.39, 0.29) is 5.78 Å². The molecule has 0 saturated heterocycles. The van der Waals surface area contributed by atoms with Gasteiger partial charge in [-0.15, -0.1) is 0 Å². The molecule has 0 atom stereocenters. The number of rotatable bonds is 3. The van der Waals surface area contributed by atoms with Crippen molar-refractivity contribution in [2.24, 2.45) is 0 Å². The average Bonchev–Trinajstić information content (AvgIpc) is 2.38. The van der Waals surface area contributed by atoms with Crippen molar-refractivity contribution in [2.75, 3.05) is 0 Å². The van der Waals surface area contributed by atoms with E-state index >= 15 is 0 Å². The van der Waals surface area contributed by atoms with E-state index in [0.717, 1.165) is 11.1 Å². The first-order chi connectivity index (χ1) is 8.65. The van der Waals surface area contributed by atoms with Crippen molar-refractivity contribution in [2.45, 2.75) is 6.92 Å². The Morgan fingerprint density at radius 3 is 2.50 bits per heavy atom. The first-order valence-electron chi connectivity index (χ1n) is 5.70. The molecule has 0 heterocycles. The SMILES string of the molecule is Cc1cccc(C(=O)/C=C/c2ccc(Cl)cc2)c1. The molecule has 0 aliphatic carbocycles. The number of allylic oxidation sites excluding steroid dienone is 1. The number of hydrogen-bond donors (Lipinski definition) is 0. The van der Waals surface area contributed by atoms with Gasteiger partial charge >= 0.3 is 0 Å². The molecule has 0 spiro atoms. The smallest absolute Gasteiger partial charge is 0.185 e. The summed E-state index contributed by atoms with van der Waals surface area (Å²) in [5, 5.41) is 0.692. The predicted octanol–water partition coefficient (Wildman–Crippen LogP) is 4.54. The van der Waals surface area contributed by atoms with Gasteiger partial charge < -0.3 is 0 Å². The molecule has 0 aromatic heterocycles. The van der Waals surface area contributed by atoms with Crippen LogP contribution >= 0.6 is 11.6 Å². The summed E-state index contributed by atoms with van der Waals surface area (Å²) in [7, 11) is 0. The standard InChI is InChI=1S/C16H13ClO/c1-12-3-2-4-14(11-12)16(18)10-7-13-5-8-15(17)9-6-13/h2-11H,1H3/b10-7+. The number of carbonyl (C=O) groups excluding carboxylic acids is 1. The van der Waals surface area contributed by atoms with Crippen molar-refractivity contribution in [3.63, 3.8) is 0 Å². The Hall–Kier alpha value is -1.86. The zero-order valence-corrected chi connectivity index (χ0v) is 10.8. The van der Waals surface area contributed by atoms with Crippen LogP contribution in [0.4, 0.5) is 0 Å². The molecule has 1 nitrogen and oxygen atoms in total. The van der Waals surface area contributed by atoms with Crippen molar-refractivity contribution in [1.29, 1.82) is 0 Å². The molecule has 0 saturated carbocycles. The maximum atomic E-state index is 11.9. The highest BCUT2D eigenvalue weighted by Gasteiger charge is 2.00. The fourth-order valence-electron chi connectivity index (χ4n) is 1.64. The Morgan fingerprint density at radius 1 is 1.11 bits per heavy atom. The lowest BCUT2D eigenvalue weighted by Gasteiger charge is -1.97. The maximum Gasteiger partial charge on any atom is 0.185 e. The molecular weight excluding hydrogens is 244 g/mol. The molecule has 2 aromatic rings. The van der Waals surface area contributed by atoms with Gasteiger partial charge in [0.25, 0.3) is 0 Å². The molecule has 0 aliphatic rings. The fourth-order valence-corrected chi connectivity index (χ4v) is 1.77. The summed E-state index contributed by atoms with van der Waals surface area (Å²) >= 11 is 5.80. The van der Waals surface area contributed by atoms with Crippen molar-refractivity contribution in [3.8, 4) is 0 Å². The van der Waals surface area contributed by atoms with Crippen molar-refractivity contribution in [3.05, 3.63) is 76.3 Å². The summed E-state index contributed by atoms with van der Waals surface area (Å²) in [6.07, 6.45) is 3.37. The van der Waals surface area contributed by atoms with Gasteiger partial charge in [0, 0.05) is 10.6 Å². The van der Waals surface area contributed by atoms with E-state index in [1.807, 2.05) is 43.3 Å². The van der Waals surface area contributed by atoms with Gasteiger partial charge in [-0.05, 0) is 36.8 Å². The summed E-state index contributed by atoms with van der Waals surface area (Å²) in [6, 6.07) is 14.9. The van der Waals surface area contributed by atoms with Gasteiger partial charge in [0.1, 0.15) is 0 Å². The van der Waals surface area contributed by atoms with Crippen LogP contribution in [0.3, 0.4) is 0 Å². The topological polar surface area (TPSA) is 17.1 Å². The van der Waals surface area contributed by atoms with Gasteiger partial charge in [0.2, 0.25) is 0 Å². The third-order valence-electron chi connectivity index (χ3n) is 2.60. The molecule has 90 valence electrons. The first kappa shape index (κ1) is 12.6. The quantitative estimate of drug-likeness (QED) is 0.582. The van der Waals surface area contributed by atoms with Crippen molar-refractivity contribution in [1.82, 2.24) is 0 Å².